The second-order valence-corrected chi connectivity index (χ2v) is 5.63. The minimum Gasteiger partial charge on any atom is -0.338 e. The van der Waals surface area contributed by atoms with E-state index in [9.17, 15) is 4.79 Å². The van der Waals surface area contributed by atoms with E-state index >= 15 is 0 Å². The zero-order valence-corrected chi connectivity index (χ0v) is 13.7. The van der Waals surface area contributed by atoms with Gasteiger partial charge in [0.1, 0.15) is 0 Å². The van der Waals surface area contributed by atoms with Gasteiger partial charge in [0.25, 0.3) is 0 Å². The van der Waals surface area contributed by atoms with E-state index in [0.717, 1.165) is 13.1 Å². The zero-order chi connectivity index (χ0) is 15.7. The third kappa shape index (κ3) is 6.17. The maximum atomic E-state index is 11.8. The van der Waals surface area contributed by atoms with Crippen molar-refractivity contribution in [3.63, 3.8) is 0 Å². The van der Waals surface area contributed by atoms with E-state index < -0.39 is 0 Å². The molecule has 0 aliphatic carbocycles. The fraction of sp³-hybridized carbons (Fsp3) is 0.588. The average Bonchev–Trinajstić information content (AvgIpc) is 2.50. The summed E-state index contributed by atoms with van der Waals surface area (Å²) >= 11 is 0. The van der Waals surface area contributed by atoms with Crippen LogP contribution in [-0.2, 0) is 0 Å². The van der Waals surface area contributed by atoms with Crippen molar-refractivity contribution in [3.8, 4) is 0 Å². The molecule has 0 fully saturated rings. The molecule has 0 heterocycles. The van der Waals surface area contributed by atoms with Crippen molar-refractivity contribution in [3.05, 3.63) is 35.9 Å². The highest BCUT2D eigenvalue weighted by Gasteiger charge is 2.18. The van der Waals surface area contributed by atoms with Crippen molar-refractivity contribution in [2.75, 3.05) is 26.2 Å². The van der Waals surface area contributed by atoms with E-state index in [1.807, 2.05) is 18.2 Å². The van der Waals surface area contributed by atoms with Gasteiger partial charge in [0.05, 0.1) is 6.04 Å². The van der Waals surface area contributed by atoms with Crippen molar-refractivity contribution in [2.45, 2.75) is 33.7 Å². The molecule has 0 aromatic heterocycles. The highest BCUT2D eigenvalue weighted by atomic mass is 16.2. The third-order valence-electron chi connectivity index (χ3n) is 3.56. The molecule has 1 unspecified atom stereocenters. The molecule has 1 aromatic rings. The molecule has 0 saturated heterocycles. The van der Waals surface area contributed by atoms with E-state index in [2.05, 4.69) is 55.4 Å². The van der Waals surface area contributed by atoms with E-state index in [4.69, 9.17) is 0 Å². The number of nitrogens with one attached hydrogen (secondary N) is 2. The van der Waals surface area contributed by atoms with Gasteiger partial charge in [-0.3, -0.25) is 4.90 Å². The van der Waals surface area contributed by atoms with Crippen LogP contribution in [0.15, 0.2) is 30.3 Å². The van der Waals surface area contributed by atoms with Gasteiger partial charge >= 0.3 is 6.03 Å². The maximum Gasteiger partial charge on any atom is 0.314 e. The standard InChI is InChI=1S/C17H29N3O/c1-5-20(6-2)16(15-10-8-7-9-11-15)13-19-17(21)18-12-14(3)4/h7-11,14,16H,5-6,12-13H2,1-4H3,(H2,18,19,21). The average molecular weight is 291 g/mol. The predicted molar refractivity (Wildman–Crippen MR) is 88.3 cm³/mol. The van der Waals surface area contributed by atoms with Crippen LogP contribution in [-0.4, -0.2) is 37.1 Å². The number of nitrogens with zero attached hydrogens (tertiary/aromatic N) is 1. The summed E-state index contributed by atoms with van der Waals surface area (Å²) in [7, 11) is 0. The normalized spacial score (nSPS) is 12.5. The molecule has 0 aliphatic heterocycles. The molecule has 1 aromatic carbocycles. The number of carbonyl (C=O) groups is 1. The number of likely N-dealkylation sites (N-methyl/N-ethyl adjacent to an activating group) is 1. The fourth-order valence-electron chi connectivity index (χ4n) is 2.35. The van der Waals surface area contributed by atoms with Gasteiger partial charge in [0, 0.05) is 13.1 Å². The Hall–Kier alpha value is -1.55. The Morgan fingerprint density at radius 1 is 1.05 bits per heavy atom. The largest absolute Gasteiger partial charge is 0.338 e. The van der Waals surface area contributed by atoms with Gasteiger partial charge in [-0.05, 0) is 24.6 Å². The molecule has 4 heteroatoms. The number of amides is 2. The lowest BCUT2D eigenvalue weighted by atomic mass is 10.1. The van der Waals surface area contributed by atoms with Crippen LogP contribution in [0.4, 0.5) is 4.79 Å². The Labute approximate surface area is 128 Å². The smallest absolute Gasteiger partial charge is 0.314 e. The van der Waals surface area contributed by atoms with Crippen LogP contribution in [0.25, 0.3) is 0 Å². The topological polar surface area (TPSA) is 44.4 Å². The molecule has 1 atom stereocenters. The number of hydrogen-bond acceptors (Lipinski definition) is 2. The summed E-state index contributed by atoms with van der Waals surface area (Å²) in [6, 6.07) is 10.5. The van der Waals surface area contributed by atoms with Crippen molar-refractivity contribution in [2.24, 2.45) is 5.92 Å². The van der Waals surface area contributed by atoms with Crippen LogP contribution >= 0.6 is 0 Å². The molecule has 21 heavy (non-hydrogen) atoms. The van der Waals surface area contributed by atoms with Crippen LogP contribution in [0.3, 0.4) is 0 Å². The molecule has 0 radical (unpaired) electrons. The summed E-state index contributed by atoms with van der Waals surface area (Å²) in [5.41, 5.74) is 1.24. The summed E-state index contributed by atoms with van der Waals surface area (Å²) in [4.78, 5) is 14.2. The molecule has 0 saturated carbocycles. The molecular weight excluding hydrogens is 262 g/mol. The van der Waals surface area contributed by atoms with Crippen LogP contribution in [0.1, 0.15) is 39.3 Å². The Morgan fingerprint density at radius 3 is 2.14 bits per heavy atom. The van der Waals surface area contributed by atoms with E-state index in [0.29, 0.717) is 19.0 Å². The molecule has 1 rings (SSSR count). The number of hydrogen-bond donors (Lipinski definition) is 2. The van der Waals surface area contributed by atoms with Gasteiger partial charge in [0.15, 0.2) is 0 Å². The Kier molecular flexibility index (Phi) is 7.83. The van der Waals surface area contributed by atoms with Gasteiger partial charge in [-0.15, -0.1) is 0 Å². The Balaban J connectivity index is 2.64. The van der Waals surface area contributed by atoms with Crippen LogP contribution in [0, 0.1) is 5.92 Å². The summed E-state index contributed by atoms with van der Waals surface area (Å²) in [6.07, 6.45) is 0. The monoisotopic (exact) mass is 291 g/mol. The van der Waals surface area contributed by atoms with Crippen LogP contribution in [0.2, 0.25) is 0 Å². The van der Waals surface area contributed by atoms with Crippen molar-refractivity contribution >= 4 is 6.03 Å². The lowest BCUT2D eigenvalue weighted by Gasteiger charge is -2.30. The summed E-state index contributed by atoms with van der Waals surface area (Å²) < 4.78 is 0. The van der Waals surface area contributed by atoms with Gasteiger partial charge in [-0.25, -0.2) is 4.79 Å². The lowest BCUT2D eigenvalue weighted by molar-refractivity contribution is 0.205. The Bertz CT molecular complexity index is 402. The van der Waals surface area contributed by atoms with Crippen LogP contribution < -0.4 is 10.6 Å². The highest BCUT2D eigenvalue weighted by molar-refractivity contribution is 5.73. The first kappa shape index (κ1) is 17.5. The number of rotatable bonds is 8. The minimum atomic E-state index is -0.0863. The number of benzene rings is 1. The number of carbonyl (C=O) groups excluding carboxylic acids is 1. The quantitative estimate of drug-likeness (QED) is 0.773. The van der Waals surface area contributed by atoms with E-state index in [1.54, 1.807) is 0 Å². The Morgan fingerprint density at radius 2 is 1.62 bits per heavy atom. The zero-order valence-electron chi connectivity index (χ0n) is 13.7. The first-order valence-electron chi connectivity index (χ1n) is 7.89. The van der Waals surface area contributed by atoms with Gasteiger partial charge in [-0.2, -0.15) is 0 Å². The maximum absolute atomic E-state index is 11.8. The second kappa shape index (κ2) is 9.40. The first-order valence-corrected chi connectivity index (χ1v) is 7.89. The van der Waals surface area contributed by atoms with Crippen molar-refractivity contribution in [1.29, 1.82) is 0 Å². The van der Waals surface area contributed by atoms with E-state index in [-0.39, 0.29) is 12.1 Å². The molecule has 4 nitrogen and oxygen atoms in total. The van der Waals surface area contributed by atoms with Gasteiger partial charge < -0.3 is 10.6 Å². The van der Waals surface area contributed by atoms with Crippen molar-refractivity contribution in [1.82, 2.24) is 15.5 Å². The summed E-state index contributed by atoms with van der Waals surface area (Å²) in [6.45, 7) is 11.7. The van der Waals surface area contributed by atoms with Crippen molar-refractivity contribution < 1.29 is 4.79 Å². The van der Waals surface area contributed by atoms with Gasteiger partial charge in [0.2, 0.25) is 0 Å². The predicted octanol–water partition coefficient (Wildman–Crippen LogP) is 3.02. The van der Waals surface area contributed by atoms with Crippen LogP contribution in [0.5, 0.6) is 0 Å². The molecular formula is C17H29N3O. The minimum absolute atomic E-state index is 0.0863. The summed E-state index contributed by atoms with van der Waals surface area (Å²) in [5.74, 6) is 0.462. The molecule has 118 valence electrons. The van der Waals surface area contributed by atoms with E-state index in [1.165, 1.54) is 5.56 Å². The lowest BCUT2D eigenvalue weighted by Crippen LogP contribution is -2.43. The fourth-order valence-corrected chi connectivity index (χ4v) is 2.35. The molecule has 2 N–H and O–H groups in total. The molecule has 0 spiro atoms. The molecule has 2 amide bonds. The first-order chi connectivity index (χ1) is 10.1. The number of urea groups is 1. The second-order valence-electron chi connectivity index (χ2n) is 5.63. The summed E-state index contributed by atoms with van der Waals surface area (Å²) in [5, 5.41) is 5.89. The third-order valence-corrected chi connectivity index (χ3v) is 3.56. The highest BCUT2D eigenvalue weighted by Crippen LogP contribution is 2.19. The SMILES string of the molecule is CCN(CC)C(CNC(=O)NCC(C)C)c1ccccc1. The van der Waals surface area contributed by atoms with Gasteiger partial charge in [-0.1, -0.05) is 58.0 Å². The molecule has 0 aliphatic rings. The molecule has 0 bridgehead atoms.